The molecule has 19 heavy (non-hydrogen) atoms. The fourth-order valence-corrected chi connectivity index (χ4v) is 2.55. The topological polar surface area (TPSA) is 29.1 Å². The predicted molar refractivity (Wildman–Crippen MR) is 70.3 cm³/mol. The van der Waals surface area contributed by atoms with E-state index >= 15 is 0 Å². The maximum absolute atomic E-state index is 13.0. The fourth-order valence-electron chi connectivity index (χ4n) is 2.30. The van der Waals surface area contributed by atoms with Crippen molar-refractivity contribution in [2.45, 2.75) is 31.1 Å². The number of alkyl halides is 1. The van der Waals surface area contributed by atoms with Gasteiger partial charge in [0.2, 0.25) is 0 Å². The van der Waals surface area contributed by atoms with E-state index in [0.29, 0.717) is 12.5 Å². The van der Waals surface area contributed by atoms with Crippen molar-refractivity contribution >= 4 is 17.5 Å². The lowest BCUT2D eigenvalue weighted by molar-refractivity contribution is 0.0943. The zero-order valence-corrected chi connectivity index (χ0v) is 11.2. The van der Waals surface area contributed by atoms with Crippen molar-refractivity contribution in [2.75, 3.05) is 6.54 Å². The van der Waals surface area contributed by atoms with Gasteiger partial charge in [-0.3, -0.25) is 4.79 Å². The van der Waals surface area contributed by atoms with Crippen molar-refractivity contribution in [3.8, 4) is 0 Å². The molecule has 0 spiro atoms. The zero-order chi connectivity index (χ0) is 13.8. The quantitative estimate of drug-likeness (QED) is 0.847. The van der Waals surface area contributed by atoms with Crippen LogP contribution in [0.25, 0.3) is 0 Å². The Bertz CT molecular complexity index is 459. The summed E-state index contributed by atoms with van der Waals surface area (Å²) in [5, 5.41) is 3.01. The normalized spacial score (nSPS) is 23.1. The Hall–Kier alpha value is -1.16. The zero-order valence-electron chi connectivity index (χ0n) is 10.5. The van der Waals surface area contributed by atoms with Crippen LogP contribution >= 0.6 is 11.6 Å². The smallest absolute Gasteiger partial charge is 0.251 e. The monoisotopic (exact) mass is 287 g/mol. The van der Waals surface area contributed by atoms with Gasteiger partial charge in [0.25, 0.3) is 5.91 Å². The highest BCUT2D eigenvalue weighted by Crippen LogP contribution is 2.27. The Morgan fingerprint density at radius 3 is 2.53 bits per heavy atom. The lowest BCUT2D eigenvalue weighted by Gasteiger charge is -2.25. The summed E-state index contributed by atoms with van der Waals surface area (Å²) in [6, 6.07) is 3.16. The van der Waals surface area contributed by atoms with Gasteiger partial charge in [0.1, 0.15) is 0 Å². The standard InChI is InChI=1S/C14H16ClF2NO/c15-11-4-1-9(2-5-11)8-18-14(19)10-3-6-12(16)13(17)7-10/h3,6-7,9,11H,1-2,4-5,8H2,(H,18,19). The number of nitrogens with one attached hydrogen (secondary N) is 1. The molecule has 0 saturated heterocycles. The first-order valence-electron chi connectivity index (χ1n) is 6.43. The van der Waals surface area contributed by atoms with E-state index in [1.54, 1.807) is 0 Å². The van der Waals surface area contributed by atoms with Crippen LogP contribution in [0.15, 0.2) is 18.2 Å². The van der Waals surface area contributed by atoms with Gasteiger partial charge >= 0.3 is 0 Å². The summed E-state index contributed by atoms with van der Waals surface area (Å²) in [4.78, 5) is 11.8. The highest BCUT2D eigenvalue weighted by atomic mass is 35.5. The minimum Gasteiger partial charge on any atom is -0.352 e. The van der Waals surface area contributed by atoms with E-state index in [1.165, 1.54) is 6.07 Å². The number of halogens is 3. The third-order valence-electron chi connectivity index (χ3n) is 3.51. The lowest BCUT2D eigenvalue weighted by atomic mass is 9.89. The van der Waals surface area contributed by atoms with Gasteiger partial charge in [-0.15, -0.1) is 11.6 Å². The second-order valence-corrected chi connectivity index (χ2v) is 5.57. The van der Waals surface area contributed by atoms with E-state index in [9.17, 15) is 13.6 Å². The minimum atomic E-state index is -1.00. The number of hydrogen-bond acceptors (Lipinski definition) is 1. The highest BCUT2D eigenvalue weighted by molar-refractivity contribution is 6.20. The lowest BCUT2D eigenvalue weighted by Crippen LogP contribution is -2.31. The maximum atomic E-state index is 13.0. The Kier molecular flexibility index (Phi) is 4.75. The van der Waals surface area contributed by atoms with E-state index in [0.717, 1.165) is 37.8 Å². The van der Waals surface area contributed by atoms with Gasteiger partial charge in [-0.25, -0.2) is 8.78 Å². The molecule has 0 atom stereocenters. The summed E-state index contributed by atoms with van der Waals surface area (Å²) >= 11 is 6.01. The first kappa shape index (κ1) is 14.3. The van der Waals surface area contributed by atoms with Gasteiger partial charge in [-0.1, -0.05) is 0 Å². The molecule has 1 aliphatic rings. The summed E-state index contributed by atoms with van der Waals surface area (Å²) in [6.07, 6.45) is 3.92. The number of amides is 1. The van der Waals surface area contributed by atoms with E-state index in [-0.39, 0.29) is 16.8 Å². The molecule has 0 bridgehead atoms. The largest absolute Gasteiger partial charge is 0.352 e. The second-order valence-electron chi connectivity index (χ2n) is 4.96. The molecule has 0 unspecified atom stereocenters. The van der Waals surface area contributed by atoms with Crippen molar-refractivity contribution in [3.63, 3.8) is 0 Å². The van der Waals surface area contributed by atoms with Gasteiger partial charge < -0.3 is 5.32 Å². The first-order valence-corrected chi connectivity index (χ1v) is 6.87. The SMILES string of the molecule is O=C(NCC1CCC(Cl)CC1)c1ccc(F)c(F)c1. The summed E-state index contributed by atoms with van der Waals surface area (Å²) in [5.41, 5.74) is 0.143. The minimum absolute atomic E-state index is 0.143. The van der Waals surface area contributed by atoms with Crippen LogP contribution in [-0.2, 0) is 0 Å². The molecule has 0 aromatic heterocycles. The van der Waals surface area contributed by atoms with Crippen molar-refractivity contribution in [3.05, 3.63) is 35.4 Å². The Morgan fingerprint density at radius 2 is 1.89 bits per heavy atom. The van der Waals surface area contributed by atoms with Crippen LogP contribution in [-0.4, -0.2) is 17.8 Å². The summed E-state index contributed by atoms with van der Waals surface area (Å²) in [6.45, 7) is 0.557. The third kappa shape index (κ3) is 3.90. The van der Waals surface area contributed by atoms with Crippen molar-refractivity contribution in [2.24, 2.45) is 5.92 Å². The maximum Gasteiger partial charge on any atom is 0.251 e. The molecule has 1 amide bonds. The number of carbonyl (C=O) groups is 1. The molecule has 1 aromatic carbocycles. The Labute approximate surface area is 116 Å². The average Bonchev–Trinajstić information content (AvgIpc) is 2.41. The highest BCUT2D eigenvalue weighted by Gasteiger charge is 2.20. The van der Waals surface area contributed by atoms with Gasteiger partial charge in [0.15, 0.2) is 11.6 Å². The molecule has 2 rings (SSSR count). The van der Waals surface area contributed by atoms with Crippen LogP contribution < -0.4 is 5.32 Å². The van der Waals surface area contributed by atoms with Gasteiger partial charge in [0.05, 0.1) is 0 Å². The molecule has 0 heterocycles. The molecule has 1 aromatic rings. The molecular weight excluding hydrogens is 272 g/mol. The summed E-state index contributed by atoms with van der Waals surface area (Å²) in [7, 11) is 0. The molecule has 104 valence electrons. The van der Waals surface area contributed by atoms with Crippen molar-refractivity contribution < 1.29 is 13.6 Å². The van der Waals surface area contributed by atoms with Crippen LogP contribution in [0.5, 0.6) is 0 Å². The van der Waals surface area contributed by atoms with Crippen molar-refractivity contribution in [1.29, 1.82) is 0 Å². The number of hydrogen-bond donors (Lipinski definition) is 1. The first-order chi connectivity index (χ1) is 9.06. The van der Waals surface area contributed by atoms with Crippen LogP contribution in [0.2, 0.25) is 0 Å². The molecule has 1 fully saturated rings. The summed E-state index contributed by atoms with van der Waals surface area (Å²) < 4.78 is 25.8. The van der Waals surface area contributed by atoms with E-state index in [2.05, 4.69) is 5.32 Å². The molecule has 1 saturated carbocycles. The average molecular weight is 288 g/mol. The van der Waals surface area contributed by atoms with Crippen molar-refractivity contribution in [1.82, 2.24) is 5.32 Å². The van der Waals surface area contributed by atoms with Crippen LogP contribution in [0.1, 0.15) is 36.0 Å². The van der Waals surface area contributed by atoms with Crippen LogP contribution in [0.4, 0.5) is 8.78 Å². The molecule has 1 N–H and O–H groups in total. The predicted octanol–water partition coefficient (Wildman–Crippen LogP) is 3.49. The van der Waals surface area contributed by atoms with E-state index < -0.39 is 11.6 Å². The Balaban J connectivity index is 1.85. The number of carbonyl (C=O) groups excluding carboxylic acids is 1. The molecule has 1 aliphatic carbocycles. The van der Waals surface area contributed by atoms with Gasteiger partial charge in [-0.05, 0) is 49.8 Å². The Morgan fingerprint density at radius 1 is 1.21 bits per heavy atom. The molecular formula is C14H16ClF2NO. The van der Waals surface area contributed by atoms with Crippen LogP contribution in [0, 0.1) is 17.6 Å². The fraction of sp³-hybridized carbons (Fsp3) is 0.500. The molecule has 0 radical (unpaired) electrons. The van der Waals surface area contributed by atoms with E-state index in [1.807, 2.05) is 0 Å². The van der Waals surface area contributed by atoms with Gasteiger partial charge in [-0.2, -0.15) is 0 Å². The molecule has 2 nitrogen and oxygen atoms in total. The number of rotatable bonds is 3. The molecule has 5 heteroatoms. The van der Waals surface area contributed by atoms with Gasteiger partial charge in [0, 0.05) is 17.5 Å². The van der Waals surface area contributed by atoms with Crippen LogP contribution in [0.3, 0.4) is 0 Å². The van der Waals surface area contributed by atoms with E-state index in [4.69, 9.17) is 11.6 Å². The summed E-state index contributed by atoms with van der Waals surface area (Å²) in [5.74, 6) is -1.90. The third-order valence-corrected chi connectivity index (χ3v) is 3.95. The second kappa shape index (κ2) is 6.33. The molecule has 0 aliphatic heterocycles. The number of benzene rings is 1.